The molecule has 0 bridgehead atoms. The average molecular weight is 166 g/mol. The Labute approximate surface area is 74.8 Å². The quantitative estimate of drug-likeness (QED) is 0.594. The van der Waals surface area contributed by atoms with Crippen molar-refractivity contribution in [3.8, 4) is 0 Å². The molecule has 0 aliphatic heterocycles. The second-order valence-corrected chi connectivity index (χ2v) is 4.16. The van der Waals surface area contributed by atoms with Crippen LogP contribution in [0.1, 0.15) is 33.6 Å². The number of allylic oxidation sites excluding steroid dienone is 1. The fourth-order valence-electron chi connectivity index (χ4n) is 1.61. The molecular formula is C11H18O. The second-order valence-electron chi connectivity index (χ2n) is 4.16. The van der Waals surface area contributed by atoms with Gasteiger partial charge in [0.15, 0.2) is 0 Å². The van der Waals surface area contributed by atoms with Crippen molar-refractivity contribution in [2.75, 3.05) is 0 Å². The summed E-state index contributed by atoms with van der Waals surface area (Å²) in [7, 11) is 0. The number of aliphatic hydroxyl groups is 1. The van der Waals surface area contributed by atoms with Crippen LogP contribution in [0.5, 0.6) is 0 Å². The van der Waals surface area contributed by atoms with Crippen molar-refractivity contribution in [3.63, 3.8) is 0 Å². The minimum absolute atomic E-state index is 0.0977. The summed E-state index contributed by atoms with van der Waals surface area (Å²) in [5.41, 5.74) is 2.28. The predicted molar refractivity (Wildman–Crippen MR) is 51.9 cm³/mol. The van der Waals surface area contributed by atoms with E-state index in [2.05, 4.69) is 20.4 Å². The highest BCUT2D eigenvalue weighted by atomic mass is 16.3. The molecule has 0 radical (unpaired) electrons. The fourth-order valence-corrected chi connectivity index (χ4v) is 1.61. The molecule has 0 saturated heterocycles. The van der Waals surface area contributed by atoms with Crippen molar-refractivity contribution >= 4 is 0 Å². The van der Waals surface area contributed by atoms with Gasteiger partial charge in [-0.05, 0) is 26.7 Å². The number of aliphatic hydroxyl groups excluding tert-OH is 1. The first-order valence-electron chi connectivity index (χ1n) is 4.48. The van der Waals surface area contributed by atoms with Gasteiger partial charge in [-0.3, -0.25) is 0 Å². The zero-order valence-corrected chi connectivity index (χ0v) is 8.22. The standard InChI is InChI=1S/C11H18O/c1-8(2)11(4)6-5-9(3)7-10(11)12/h7,10,12H,1,5-6H2,2-4H3. The molecule has 12 heavy (non-hydrogen) atoms. The normalized spacial score (nSPS) is 36.0. The lowest BCUT2D eigenvalue weighted by Gasteiger charge is -2.37. The number of hydrogen-bond acceptors (Lipinski definition) is 1. The fraction of sp³-hybridized carbons (Fsp3) is 0.636. The van der Waals surface area contributed by atoms with Gasteiger partial charge in [0, 0.05) is 5.41 Å². The Balaban J connectivity index is 2.90. The lowest BCUT2D eigenvalue weighted by atomic mass is 9.70. The van der Waals surface area contributed by atoms with E-state index in [-0.39, 0.29) is 11.5 Å². The number of rotatable bonds is 1. The van der Waals surface area contributed by atoms with Gasteiger partial charge in [0.25, 0.3) is 0 Å². The summed E-state index contributed by atoms with van der Waals surface area (Å²) < 4.78 is 0. The molecule has 0 spiro atoms. The molecule has 0 heterocycles. The minimum Gasteiger partial charge on any atom is -0.388 e. The maximum Gasteiger partial charge on any atom is 0.0813 e. The van der Waals surface area contributed by atoms with Gasteiger partial charge < -0.3 is 5.11 Å². The van der Waals surface area contributed by atoms with E-state index >= 15 is 0 Å². The summed E-state index contributed by atoms with van der Waals surface area (Å²) in [4.78, 5) is 0. The molecule has 0 fully saturated rings. The van der Waals surface area contributed by atoms with E-state index in [0.717, 1.165) is 18.4 Å². The molecule has 0 aromatic heterocycles. The Bertz CT molecular complexity index is 227. The Kier molecular flexibility index (Phi) is 2.43. The van der Waals surface area contributed by atoms with Crippen molar-refractivity contribution in [3.05, 3.63) is 23.8 Å². The Morgan fingerprint density at radius 3 is 2.75 bits per heavy atom. The molecule has 2 atom stereocenters. The van der Waals surface area contributed by atoms with E-state index in [0.29, 0.717) is 0 Å². The molecule has 1 rings (SSSR count). The Morgan fingerprint density at radius 2 is 2.33 bits per heavy atom. The lowest BCUT2D eigenvalue weighted by Crippen LogP contribution is -2.34. The van der Waals surface area contributed by atoms with Gasteiger partial charge >= 0.3 is 0 Å². The number of hydrogen-bond donors (Lipinski definition) is 1. The zero-order valence-electron chi connectivity index (χ0n) is 8.22. The van der Waals surface area contributed by atoms with Gasteiger partial charge in [-0.2, -0.15) is 0 Å². The van der Waals surface area contributed by atoms with Gasteiger partial charge in [0.2, 0.25) is 0 Å². The van der Waals surface area contributed by atoms with Crippen molar-refractivity contribution in [1.29, 1.82) is 0 Å². The molecule has 0 amide bonds. The average Bonchev–Trinajstić information content (AvgIpc) is 1.97. The van der Waals surface area contributed by atoms with Gasteiger partial charge in [0.05, 0.1) is 6.10 Å². The first-order valence-corrected chi connectivity index (χ1v) is 4.48. The summed E-state index contributed by atoms with van der Waals surface area (Å²) >= 11 is 0. The van der Waals surface area contributed by atoms with Gasteiger partial charge in [-0.25, -0.2) is 0 Å². The minimum atomic E-state index is -0.344. The highest BCUT2D eigenvalue weighted by Gasteiger charge is 2.34. The van der Waals surface area contributed by atoms with Crippen LogP contribution in [0.25, 0.3) is 0 Å². The molecule has 2 unspecified atom stereocenters. The maximum absolute atomic E-state index is 9.83. The van der Waals surface area contributed by atoms with Crippen molar-refractivity contribution in [2.45, 2.75) is 39.7 Å². The molecule has 0 aromatic rings. The Morgan fingerprint density at radius 1 is 1.75 bits per heavy atom. The van der Waals surface area contributed by atoms with E-state index in [1.807, 2.05) is 13.0 Å². The van der Waals surface area contributed by atoms with Crippen LogP contribution >= 0.6 is 0 Å². The second kappa shape index (κ2) is 3.06. The summed E-state index contributed by atoms with van der Waals surface area (Å²) in [6.45, 7) is 10.1. The monoisotopic (exact) mass is 166 g/mol. The maximum atomic E-state index is 9.83. The van der Waals surface area contributed by atoms with E-state index in [1.54, 1.807) is 0 Å². The van der Waals surface area contributed by atoms with E-state index in [1.165, 1.54) is 5.57 Å². The van der Waals surface area contributed by atoms with Crippen LogP contribution in [0.15, 0.2) is 23.8 Å². The smallest absolute Gasteiger partial charge is 0.0813 e. The molecule has 1 aliphatic rings. The summed E-state index contributed by atoms with van der Waals surface area (Å²) in [6, 6.07) is 0. The van der Waals surface area contributed by atoms with Crippen LogP contribution in [0.4, 0.5) is 0 Å². The molecule has 1 N–H and O–H groups in total. The SMILES string of the molecule is C=C(C)C1(C)CCC(C)=CC1O. The first kappa shape index (κ1) is 9.53. The highest BCUT2D eigenvalue weighted by Crippen LogP contribution is 2.40. The molecular weight excluding hydrogens is 148 g/mol. The molecule has 1 heteroatoms. The molecule has 0 saturated carbocycles. The van der Waals surface area contributed by atoms with Crippen LogP contribution in [0.3, 0.4) is 0 Å². The van der Waals surface area contributed by atoms with Crippen LogP contribution in [-0.4, -0.2) is 11.2 Å². The predicted octanol–water partition coefficient (Wildman–Crippen LogP) is 2.67. The van der Waals surface area contributed by atoms with Crippen LogP contribution in [-0.2, 0) is 0 Å². The van der Waals surface area contributed by atoms with Gasteiger partial charge in [-0.1, -0.05) is 30.7 Å². The molecule has 1 nitrogen and oxygen atoms in total. The van der Waals surface area contributed by atoms with E-state index in [4.69, 9.17) is 0 Å². The topological polar surface area (TPSA) is 20.2 Å². The third kappa shape index (κ3) is 1.46. The zero-order chi connectivity index (χ0) is 9.35. The van der Waals surface area contributed by atoms with E-state index < -0.39 is 0 Å². The van der Waals surface area contributed by atoms with Crippen molar-refractivity contribution in [1.82, 2.24) is 0 Å². The Hall–Kier alpha value is -0.560. The third-order valence-electron chi connectivity index (χ3n) is 3.11. The first-order chi connectivity index (χ1) is 5.47. The van der Waals surface area contributed by atoms with Gasteiger partial charge in [0.1, 0.15) is 0 Å². The van der Waals surface area contributed by atoms with Crippen molar-refractivity contribution < 1.29 is 5.11 Å². The lowest BCUT2D eigenvalue weighted by molar-refractivity contribution is 0.0889. The van der Waals surface area contributed by atoms with Crippen LogP contribution in [0, 0.1) is 5.41 Å². The molecule has 1 aliphatic carbocycles. The molecule has 68 valence electrons. The van der Waals surface area contributed by atoms with E-state index in [9.17, 15) is 5.11 Å². The molecule has 0 aromatic carbocycles. The third-order valence-corrected chi connectivity index (χ3v) is 3.11. The van der Waals surface area contributed by atoms with Gasteiger partial charge in [-0.15, -0.1) is 0 Å². The van der Waals surface area contributed by atoms with Crippen LogP contribution in [0.2, 0.25) is 0 Å². The highest BCUT2D eigenvalue weighted by molar-refractivity contribution is 5.20. The summed E-state index contributed by atoms with van der Waals surface area (Å²) in [5, 5.41) is 9.83. The van der Waals surface area contributed by atoms with Crippen LogP contribution < -0.4 is 0 Å². The largest absolute Gasteiger partial charge is 0.388 e. The van der Waals surface area contributed by atoms with Crippen molar-refractivity contribution in [2.24, 2.45) is 5.41 Å². The summed E-state index contributed by atoms with van der Waals surface area (Å²) in [6.07, 6.45) is 3.72. The summed E-state index contributed by atoms with van der Waals surface area (Å²) in [5.74, 6) is 0.